The Labute approximate surface area is 124 Å². The van der Waals surface area contributed by atoms with E-state index in [4.69, 9.17) is 4.42 Å². The van der Waals surface area contributed by atoms with E-state index in [-0.39, 0.29) is 5.91 Å². The van der Waals surface area contributed by atoms with Crippen molar-refractivity contribution in [1.29, 1.82) is 0 Å². The first-order valence-electron chi connectivity index (χ1n) is 7.43. The fourth-order valence-corrected chi connectivity index (χ4v) is 2.64. The van der Waals surface area contributed by atoms with Gasteiger partial charge in [-0.3, -0.25) is 9.69 Å². The Morgan fingerprint density at radius 3 is 2.57 bits per heavy atom. The summed E-state index contributed by atoms with van der Waals surface area (Å²) in [4.78, 5) is 14.5. The Balaban J connectivity index is 1.54. The SMILES string of the molecule is O=C(NCc1ccco1)c1ccc(CN2CCCC2)cc1. The van der Waals surface area contributed by atoms with Gasteiger partial charge in [0, 0.05) is 12.1 Å². The lowest BCUT2D eigenvalue weighted by Gasteiger charge is -2.14. The Morgan fingerprint density at radius 2 is 1.90 bits per heavy atom. The van der Waals surface area contributed by atoms with Crippen molar-refractivity contribution in [3.8, 4) is 0 Å². The molecule has 1 amide bonds. The summed E-state index contributed by atoms with van der Waals surface area (Å²) in [5.41, 5.74) is 1.95. The highest BCUT2D eigenvalue weighted by molar-refractivity contribution is 5.94. The average molecular weight is 284 g/mol. The van der Waals surface area contributed by atoms with Gasteiger partial charge in [-0.2, -0.15) is 0 Å². The minimum absolute atomic E-state index is 0.0703. The number of likely N-dealkylation sites (tertiary alicyclic amines) is 1. The van der Waals surface area contributed by atoms with Gasteiger partial charge in [-0.1, -0.05) is 12.1 Å². The molecule has 1 aliphatic heterocycles. The van der Waals surface area contributed by atoms with Crippen LogP contribution in [0.4, 0.5) is 0 Å². The molecule has 1 saturated heterocycles. The minimum Gasteiger partial charge on any atom is -0.467 e. The molecule has 2 aromatic rings. The average Bonchev–Trinajstić information content (AvgIpc) is 3.19. The van der Waals surface area contributed by atoms with E-state index in [0.717, 1.165) is 12.3 Å². The highest BCUT2D eigenvalue weighted by Gasteiger charge is 2.12. The number of hydrogen-bond acceptors (Lipinski definition) is 3. The van der Waals surface area contributed by atoms with Crippen LogP contribution >= 0.6 is 0 Å². The zero-order chi connectivity index (χ0) is 14.5. The molecule has 3 rings (SSSR count). The van der Waals surface area contributed by atoms with Gasteiger partial charge in [-0.25, -0.2) is 0 Å². The molecule has 110 valence electrons. The Morgan fingerprint density at radius 1 is 1.14 bits per heavy atom. The van der Waals surface area contributed by atoms with Crippen LogP contribution in [0.5, 0.6) is 0 Å². The maximum absolute atomic E-state index is 12.0. The zero-order valence-corrected chi connectivity index (χ0v) is 12.0. The van der Waals surface area contributed by atoms with E-state index in [1.165, 1.54) is 31.5 Å². The van der Waals surface area contributed by atoms with Crippen LogP contribution < -0.4 is 5.32 Å². The monoisotopic (exact) mass is 284 g/mol. The minimum atomic E-state index is -0.0703. The van der Waals surface area contributed by atoms with Crippen molar-refractivity contribution in [1.82, 2.24) is 10.2 Å². The lowest BCUT2D eigenvalue weighted by molar-refractivity contribution is 0.0948. The quantitative estimate of drug-likeness (QED) is 0.918. The second-order valence-corrected chi connectivity index (χ2v) is 5.44. The summed E-state index contributed by atoms with van der Waals surface area (Å²) in [6, 6.07) is 11.5. The number of hydrogen-bond donors (Lipinski definition) is 1. The fraction of sp³-hybridized carbons (Fsp3) is 0.353. The van der Waals surface area contributed by atoms with Crippen LogP contribution in [-0.4, -0.2) is 23.9 Å². The molecule has 0 atom stereocenters. The maximum Gasteiger partial charge on any atom is 0.251 e. The molecular formula is C17H20N2O2. The van der Waals surface area contributed by atoms with Crippen molar-refractivity contribution in [2.75, 3.05) is 13.1 Å². The lowest BCUT2D eigenvalue weighted by Crippen LogP contribution is -2.22. The Kier molecular flexibility index (Phi) is 4.36. The molecule has 1 N–H and O–H groups in total. The third-order valence-corrected chi connectivity index (χ3v) is 3.82. The third-order valence-electron chi connectivity index (χ3n) is 3.82. The number of rotatable bonds is 5. The van der Waals surface area contributed by atoms with Crippen LogP contribution in [0.1, 0.15) is 34.5 Å². The molecule has 0 saturated carbocycles. The normalized spacial score (nSPS) is 15.2. The molecule has 21 heavy (non-hydrogen) atoms. The molecule has 0 aliphatic carbocycles. The van der Waals surface area contributed by atoms with Crippen molar-refractivity contribution in [3.05, 3.63) is 59.5 Å². The summed E-state index contributed by atoms with van der Waals surface area (Å²) < 4.78 is 5.19. The smallest absolute Gasteiger partial charge is 0.251 e. The number of benzene rings is 1. The first-order valence-corrected chi connectivity index (χ1v) is 7.43. The second kappa shape index (κ2) is 6.59. The van der Waals surface area contributed by atoms with Gasteiger partial charge in [-0.05, 0) is 55.8 Å². The number of furan rings is 1. The van der Waals surface area contributed by atoms with Crippen LogP contribution in [0.25, 0.3) is 0 Å². The second-order valence-electron chi connectivity index (χ2n) is 5.44. The van der Waals surface area contributed by atoms with E-state index in [2.05, 4.69) is 10.2 Å². The molecule has 0 unspecified atom stereocenters. The standard InChI is InChI=1S/C17H20N2O2/c20-17(18-12-16-4-3-11-21-16)15-7-5-14(6-8-15)13-19-9-1-2-10-19/h3-8,11H,1-2,9-10,12-13H2,(H,18,20). The predicted molar refractivity (Wildman–Crippen MR) is 80.8 cm³/mol. The van der Waals surface area contributed by atoms with E-state index >= 15 is 0 Å². The van der Waals surface area contributed by atoms with Gasteiger partial charge in [0.2, 0.25) is 0 Å². The molecular weight excluding hydrogens is 264 g/mol. The first-order chi connectivity index (χ1) is 10.3. The highest BCUT2D eigenvalue weighted by atomic mass is 16.3. The van der Waals surface area contributed by atoms with Crippen molar-refractivity contribution in [2.24, 2.45) is 0 Å². The van der Waals surface area contributed by atoms with Crippen LogP contribution in [0.2, 0.25) is 0 Å². The lowest BCUT2D eigenvalue weighted by atomic mass is 10.1. The molecule has 0 radical (unpaired) electrons. The van der Waals surface area contributed by atoms with Crippen LogP contribution in [-0.2, 0) is 13.1 Å². The summed E-state index contributed by atoms with van der Waals surface area (Å²) in [6.45, 7) is 3.77. The first kappa shape index (κ1) is 13.9. The molecule has 2 heterocycles. The van der Waals surface area contributed by atoms with Gasteiger partial charge in [0.1, 0.15) is 5.76 Å². The Bertz CT molecular complexity index is 569. The van der Waals surface area contributed by atoms with Crippen molar-refractivity contribution < 1.29 is 9.21 Å². The van der Waals surface area contributed by atoms with Gasteiger partial charge in [-0.15, -0.1) is 0 Å². The molecule has 0 bridgehead atoms. The van der Waals surface area contributed by atoms with E-state index in [1.54, 1.807) is 6.26 Å². The fourth-order valence-electron chi connectivity index (χ4n) is 2.64. The molecule has 1 aliphatic rings. The molecule has 1 fully saturated rings. The summed E-state index contributed by atoms with van der Waals surface area (Å²) >= 11 is 0. The number of nitrogens with zero attached hydrogens (tertiary/aromatic N) is 1. The highest BCUT2D eigenvalue weighted by Crippen LogP contribution is 2.13. The summed E-state index contributed by atoms with van der Waals surface area (Å²) in [5.74, 6) is 0.688. The van der Waals surface area contributed by atoms with Gasteiger partial charge in [0.15, 0.2) is 0 Å². The van der Waals surface area contributed by atoms with Crippen LogP contribution in [0, 0.1) is 0 Å². The zero-order valence-electron chi connectivity index (χ0n) is 12.0. The van der Waals surface area contributed by atoms with E-state index in [0.29, 0.717) is 12.1 Å². The molecule has 4 nitrogen and oxygen atoms in total. The number of amides is 1. The molecule has 0 spiro atoms. The van der Waals surface area contributed by atoms with E-state index in [9.17, 15) is 4.79 Å². The van der Waals surface area contributed by atoms with Crippen LogP contribution in [0.3, 0.4) is 0 Å². The molecule has 1 aromatic carbocycles. The van der Waals surface area contributed by atoms with Crippen molar-refractivity contribution in [2.45, 2.75) is 25.9 Å². The van der Waals surface area contributed by atoms with Crippen LogP contribution in [0.15, 0.2) is 47.1 Å². The van der Waals surface area contributed by atoms with E-state index in [1.807, 2.05) is 36.4 Å². The number of nitrogens with one attached hydrogen (secondary N) is 1. The summed E-state index contributed by atoms with van der Waals surface area (Å²) in [6.07, 6.45) is 4.20. The molecule has 4 heteroatoms. The van der Waals surface area contributed by atoms with Gasteiger partial charge >= 0.3 is 0 Å². The topological polar surface area (TPSA) is 45.5 Å². The number of carbonyl (C=O) groups excluding carboxylic acids is 1. The van der Waals surface area contributed by atoms with Crippen molar-refractivity contribution >= 4 is 5.91 Å². The predicted octanol–water partition coefficient (Wildman–Crippen LogP) is 2.81. The summed E-state index contributed by atoms with van der Waals surface area (Å²) in [7, 11) is 0. The number of carbonyl (C=O) groups is 1. The van der Waals surface area contributed by atoms with E-state index < -0.39 is 0 Å². The van der Waals surface area contributed by atoms with Gasteiger partial charge < -0.3 is 9.73 Å². The van der Waals surface area contributed by atoms with Crippen molar-refractivity contribution in [3.63, 3.8) is 0 Å². The third kappa shape index (κ3) is 3.73. The summed E-state index contributed by atoms with van der Waals surface area (Å²) in [5, 5.41) is 2.85. The molecule has 1 aromatic heterocycles. The largest absolute Gasteiger partial charge is 0.467 e. The van der Waals surface area contributed by atoms with Gasteiger partial charge in [0.05, 0.1) is 12.8 Å². The maximum atomic E-state index is 12.0. The Hall–Kier alpha value is -2.07. The van der Waals surface area contributed by atoms with Gasteiger partial charge in [0.25, 0.3) is 5.91 Å².